The fraction of sp³-hybridized carbons (Fsp3) is 0.588. The molecule has 4 nitrogen and oxygen atoms in total. The number of amides is 1. The smallest absolute Gasteiger partial charge is 0.226 e. The maximum atomic E-state index is 12.8. The Morgan fingerprint density at radius 3 is 2.43 bits per heavy atom. The number of benzene rings is 1. The van der Waals surface area contributed by atoms with Crippen LogP contribution in [-0.2, 0) is 11.3 Å². The Morgan fingerprint density at radius 1 is 1.19 bits per heavy atom. The lowest BCUT2D eigenvalue weighted by Gasteiger charge is -2.30. The summed E-state index contributed by atoms with van der Waals surface area (Å²) in [6.45, 7) is 2.67. The monoisotopic (exact) mass is 288 g/mol. The van der Waals surface area contributed by atoms with E-state index < -0.39 is 0 Å². The standard InChI is InChI=1S/C17H24N2O2/c1-21-16-6-2-13(3-7-16)12-19(15-4-5-15)17(20)14-8-10-18-11-9-14/h2-3,6-7,14-15,18H,4-5,8-12H2,1H3. The zero-order chi connectivity index (χ0) is 14.7. The van der Waals surface area contributed by atoms with Gasteiger partial charge in [-0.05, 0) is 56.5 Å². The zero-order valence-corrected chi connectivity index (χ0v) is 12.7. The van der Waals surface area contributed by atoms with Crippen molar-refractivity contribution in [2.45, 2.75) is 38.3 Å². The van der Waals surface area contributed by atoms with E-state index in [0.717, 1.165) is 51.1 Å². The van der Waals surface area contributed by atoms with Crippen LogP contribution in [0.25, 0.3) is 0 Å². The number of ether oxygens (including phenoxy) is 1. The number of nitrogens with zero attached hydrogens (tertiary/aromatic N) is 1. The number of carbonyl (C=O) groups is 1. The van der Waals surface area contributed by atoms with Crippen molar-refractivity contribution in [3.63, 3.8) is 0 Å². The highest BCUT2D eigenvalue weighted by Gasteiger charge is 2.36. The first-order valence-electron chi connectivity index (χ1n) is 7.92. The van der Waals surface area contributed by atoms with E-state index in [4.69, 9.17) is 4.74 Å². The summed E-state index contributed by atoms with van der Waals surface area (Å²) in [5, 5.41) is 3.33. The first-order chi connectivity index (χ1) is 10.3. The molecule has 114 valence electrons. The Bertz CT molecular complexity index is 476. The lowest BCUT2D eigenvalue weighted by molar-refractivity contribution is -0.137. The summed E-state index contributed by atoms with van der Waals surface area (Å²) in [5.74, 6) is 1.43. The van der Waals surface area contributed by atoms with Gasteiger partial charge in [0, 0.05) is 18.5 Å². The summed E-state index contributed by atoms with van der Waals surface area (Å²) in [5.41, 5.74) is 1.19. The summed E-state index contributed by atoms with van der Waals surface area (Å²) in [7, 11) is 1.67. The molecule has 0 unspecified atom stereocenters. The maximum Gasteiger partial charge on any atom is 0.226 e. The van der Waals surface area contributed by atoms with Gasteiger partial charge in [-0.3, -0.25) is 4.79 Å². The molecule has 1 aromatic rings. The Kier molecular flexibility index (Phi) is 4.44. The van der Waals surface area contributed by atoms with Crippen molar-refractivity contribution in [1.29, 1.82) is 0 Å². The molecule has 0 aromatic heterocycles. The van der Waals surface area contributed by atoms with E-state index in [2.05, 4.69) is 22.3 Å². The van der Waals surface area contributed by atoms with Gasteiger partial charge in [0.1, 0.15) is 5.75 Å². The summed E-state index contributed by atoms with van der Waals surface area (Å²) in [4.78, 5) is 14.9. The predicted octanol–water partition coefficient (Wildman–Crippen LogP) is 2.19. The molecule has 1 heterocycles. The van der Waals surface area contributed by atoms with Crippen molar-refractivity contribution in [3.05, 3.63) is 29.8 Å². The van der Waals surface area contributed by atoms with Crippen molar-refractivity contribution >= 4 is 5.91 Å². The second-order valence-corrected chi connectivity index (χ2v) is 6.07. The molecule has 1 amide bonds. The fourth-order valence-corrected chi connectivity index (χ4v) is 3.00. The third-order valence-electron chi connectivity index (χ3n) is 4.47. The van der Waals surface area contributed by atoms with E-state index in [0.29, 0.717) is 11.9 Å². The largest absolute Gasteiger partial charge is 0.497 e. The van der Waals surface area contributed by atoms with Gasteiger partial charge in [0.2, 0.25) is 5.91 Å². The van der Waals surface area contributed by atoms with Crippen molar-refractivity contribution in [1.82, 2.24) is 10.2 Å². The molecule has 0 radical (unpaired) electrons. The molecule has 3 rings (SSSR count). The van der Waals surface area contributed by atoms with Crippen LogP contribution in [0.4, 0.5) is 0 Å². The third-order valence-corrected chi connectivity index (χ3v) is 4.47. The van der Waals surface area contributed by atoms with Gasteiger partial charge < -0.3 is 15.0 Å². The molecule has 21 heavy (non-hydrogen) atoms. The highest BCUT2D eigenvalue weighted by molar-refractivity contribution is 5.79. The first-order valence-corrected chi connectivity index (χ1v) is 7.92. The number of hydrogen-bond acceptors (Lipinski definition) is 3. The third kappa shape index (κ3) is 3.56. The Balaban J connectivity index is 1.67. The van der Waals surface area contributed by atoms with E-state index in [-0.39, 0.29) is 5.92 Å². The number of hydrogen-bond donors (Lipinski definition) is 1. The molecule has 1 N–H and O–H groups in total. The Labute approximate surface area is 126 Å². The highest BCUT2D eigenvalue weighted by Crippen LogP contribution is 2.31. The van der Waals surface area contributed by atoms with Crippen LogP contribution in [0, 0.1) is 5.92 Å². The summed E-state index contributed by atoms with van der Waals surface area (Å²) >= 11 is 0. The molecule has 0 spiro atoms. The van der Waals surface area contributed by atoms with Gasteiger partial charge in [0.15, 0.2) is 0 Å². The topological polar surface area (TPSA) is 41.6 Å². The molecule has 1 aliphatic heterocycles. The molecule has 0 bridgehead atoms. The van der Waals surface area contributed by atoms with Crippen LogP contribution in [-0.4, -0.2) is 37.0 Å². The second-order valence-electron chi connectivity index (χ2n) is 6.07. The predicted molar refractivity (Wildman–Crippen MR) is 82.2 cm³/mol. The SMILES string of the molecule is COc1ccc(CN(C(=O)C2CCNCC2)C2CC2)cc1. The minimum atomic E-state index is 0.213. The van der Waals surface area contributed by atoms with Crippen LogP contribution >= 0.6 is 0 Å². The van der Waals surface area contributed by atoms with Gasteiger partial charge in [-0.2, -0.15) is 0 Å². The molecular formula is C17H24N2O2. The summed E-state index contributed by atoms with van der Waals surface area (Å²) in [6, 6.07) is 8.52. The maximum absolute atomic E-state index is 12.8. The van der Waals surface area contributed by atoms with E-state index in [1.54, 1.807) is 7.11 Å². The van der Waals surface area contributed by atoms with E-state index in [9.17, 15) is 4.79 Å². The number of methoxy groups -OCH3 is 1. The first kappa shape index (κ1) is 14.4. The van der Waals surface area contributed by atoms with Crippen molar-refractivity contribution in [2.24, 2.45) is 5.92 Å². The Hall–Kier alpha value is -1.55. The average molecular weight is 288 g/mol. The molecular weight excluding hydrogens is 264 g/mol. The number of carbonyl (C=O) groups excluding carboxylic acids is 1. The molecule has 4 heteroatoms. The lowest BCUT2D eigenvalue weighted by atomic mass is 9.96. The Morgan fingerprint density at radius 2 is 1.86 bits per heavy atom. The van der Waals surface area contributed by atoms with Crippen LogP contribution < -0.4 is 10.1 Å². The lowest BCUT2D eigenvalue weighted by Crippen LogP contribution is -2.41. The van der Waals surface area contributed by atoms with Crippen LogP contribution in [0.3, 0.4) is 0 Å². The molecule has 1 aliphatic carbocycles. The fourth-order valence-electron chi connectivity index (χ4n) is 3.00. The minimum Gasteiger partial charge on any atom is -0.497 e. The number of rotatable bonds is 5. The van der Waals surface area contributed by atoms with Crippen LogP contribution in [0.1, 0.15) is 31.2 Å². The van der Waals surface area contributed by atoms with Gasteiger partial charge in [0.25, 0.3) is 0 Å². The zero-order valence-electron chi connectivity index (χ0n) is 12.7. The van der Waals surface area contributed by atoms with Gasteiger partial charge in [-0.25, -0.2) is 0 Å². The van der Waals surface area contributed by atoms with Gasteiger partial charge >= 0.3 is 0 Å². The molecule has 0 atom stereocenters. The normalized spacial score (nSPS) is 19.3. The molecule has 1 aromatic carbocycles. The van der Waals surface area contributed by atoms with Crippen molar-refractivity contribution < 1.29 is 9.53 Å². The molecule has 2 fully saturated rings. The van der Waals surface area contributed by atoms with Crippen LogP contribution in [0.5, 0.6) is 5.75 Å². The molecule has 2 aliphatic rings. The highest BCUT2D eigenvalue weighted by atomic mass is 16.5. The van der Waals surface area contributed by atoms with Gasteiger partial charge in [-0.15, -0.1) is 0 Å². The van der Waals surface area contributed by atoms with Gasteiger partial charge in [-0.1, -0.05) is 12.1 Å². The van der Waals surface area contributed by atoms with Gasteiger partial charge in [0.05, 0.1) is 7.11 Å². The van der Waals surface area contributed by atoms with Crippen LogP contribution in [0.15, 0.2) is 24.3 Å². The number of nitrogens with one attached hydrogen (secondary N) is 1. The van der Waals surface area contributed by atoms with E-state index in [1.165, 1.54) is 5.56 Å². The molecule has 1 saturated carbocycles. The minimum absolute atomic E-state index is 0.213. The van der Waals surface area contributed by atoms with Crippen molar-refractivity contribution in [2.75, 3.05) is 20.2 Å². The van der Waals surface area contributed by atoms with Crippen LogP contribution in [0.2, 0.25) is 0 Å². The average Bonchev–Trinajstić information content (AvgIpc) is 3.38. The summed E-state index contributed by atoms with van der Waals surface area (Å²) < 4.78 is 5.19. The van der Waals surface area contributed by atoms with E-state index >= 15 is 0 Å². The summed E-state index contributed by atoms with van der Waals surface area (Å²) in [6.07, 6.45) is 4.27. The second kappa shape index (κ2) is 6.48. The number of piperidine rings is 1. The quantitative estimate of drug-likeness (QED) is 0.903. The van der Waals surface area contributed by atoms with E-state index in [1.807, 2.05) is 12.1 Å². The molecule has 1 saturated heterocycles. The van der Waals surface area contributed by atoms with Crippen molar-refractivity contribution in [3.8, 4) is 5.75 Å².